The van der Waals surface area contributed by atoms with Crippen LogP contribution in [-0.2, 0) is 19.9 Å². The van der Waals surface area contributed by atoms with Crippen LogP contribution in [0, 0.1) is 0 Å². The number of methoxy groups -OCH3 is 1. The summed E-state index contributed by atoms with van der Waals surface area (Å²) in [6.07, 6.45) is 0. The monoisotopic (exact) mass is 411 g/mol. The SMILES string of the molecule is CCOc1ccccc1S(=O)(=O)N1CC(S(=O)(=O)c2ccc(OC)cc2)C1. The molecule has 1 aliphatic heterocycles. The van der Waals surface area contributed by atoms with E-state index in [0.29, 0.717) is 12.4 Å². The standard InChI is InChI=1S/C18H21NO6S2/c1-3-25-17-6-4-5-7-18(17)27(22,23)19-12-16(13-19)26(20,21)15-10-8-14(24-2)9-11-15/h4-11,16H,3,12-13H2,1-2H3. The molecule has 0 aromatic heterocycles. The Kier molecular flexibility index (Phi) is 5.45. The zero-order chi connectivity index (χ0) is 19.7. The van der Waals surface area contributed by atoms with Gasteiger partial charge in [0.15, 0.2) is 9.84 Å². The Morgan fingerprint density at radius 1 is 1.00 bits per heavy atom. The van der Waals surface area contributed by atoms with Crippen LogP contribution in [0.4, 0.5) is 0 Å². The van der Waals surface area contributed by atoms with E-state index in [1.165, 1.54) is 25.3 Å². The van der Waals surface area contributed by atoms with Gasteiger partial charge in [0.05, 0.1) is 23.9 Å². The molecule has 1 heterocycles. The van der Waals surface area contributed by atoms with Crippen LogP contribution in [0.25, 0.3) is 0 Å². The second-order valence-electron chi connectivity index (χ2n) is 6.04. The van der Waals surface area contributed by atoms with Crippen LogP contribution in [0.15, 0.2) is 58.3 Å². The minimum atomic E-state index is -3.82. The Balaban J connectivity index is 1.78. The average molecular weight is 412 g/mol. The lowest BCUT2D eigenvalue weighted by molar-refractivity contribution is 0.302. The number of nitrogens with zero attached hydrogens (tertiary/aromatic N) is 1. The molecule has 0 saturated carbocycles. The van der Waals surface area contributed by atoms with Crippen LogP contribution in [0.2, 0.25) is 0 Å². The summed E-state index contributed by atoms with van der Waals surface area (Å²) in [5.74, 6) is 0.820. The Hall–Kier alpha value is -2.10. The third kappa shape index (κ3) is 3.67. The topological polar surface area (TPSA) is 90.0 Å². The first kappa shape index (κ1) is 19.7. The number of hydrogen-bond donors (Lipinski definition) is 0. The molecule has 1 aliphatic rings. The third-order valence-corrected chi connectivity index (χ3v) is 8.38. The molecule has 0 amide bonds. The second kappa shape index (κ2) is 7.49. The molecular weight excluding hydrogens is 390 g/mol. The van der Waals surface area contributed by atoms with Crippen molar-refractivity contribution in [3.8, 4) is 11.5 Å². The van der Waals surface area contributed by atoms with E-state index in [1.807, 2.05) is 0 Å². The van der Waals surface area contributed by atoms with Crippen molar-refractivity contribution < 1.29 is 26.3 Å². The van der Waals surface area contributed by atoms with Gasteiger partial charge in [-0.25, -0.2) is 16.8 Å². The highest BCUT2D eigenvalue weighted by atomic mass is 32.2. The van der Waals surface area contributed by atoms with Gasteiger partial charge in [0.2, 0.25) is 10.0 Å². The van der Waals surface area contributed by atoms with Crippen LogP contribution < -0.4 is 9.47 Å². The van der Waals surface area contributed by atoms with Crippen molar-refractivity contribution >= 4 is 19.9 Å². The van der Waals surface area contributed by atoms with Crippen LogP contribution in [0.5, 0.6) is 11.5 Å². The fraction of sp³-hybridized carbons (Fsp3) is 0.333. The molecule has 0 aliphatic carbocycles. The lowest BCUT2D eigenvalue weighted by atomic mass is 10.3. The van der Waals surface area contributed by atoms with Crippen molar-refractivity contribution in [1.29, 1.82) is 0 Å². The first-order chi connectivity index (χ1) is 12.8. The Labute approximate surface area is 159 Å². The maximum atomic E-state index is 12.8. The number of rotatable bonds is 7. The van der Waals surface area contributed by atoms with Crippen molar-refractivity contribution in [3.05, 3.63) is 48.5 Å². The molecule has 0 N–H and O–H groups in total. The fourth-order valence-corrected chi connectivity index (χ4v) is 6.33. The summed E-state index contributed by atoms with van der Waals surface area (Å²) in [7, 11) is -5.93. The molecule has 1 fully saturated rings. The third-order valence-electron chi connectivity index (χ3n) is 4.41. The van der Waals surface area contributed by atoms with Crippen molar-refractivity contribution in [2.45, 2.75) is 22.0 Å². The molecular formula is C18H21NO6S2. The molecule has 0 spiro atoms. The maximum Gasteiger partial charge on any atom is 0.246 e. The molecule has 146 valence electrons. The molecule has 9 heteroatoms. The number of benzene rings is 2. The Bertz CT molecular complexity index is 1010. The minimum Gasteiger partial charge on any atom is -0.497 e. The van der Waals surface area contributed by atoms with Crippen molar-refractivity contribution in [2.75, 3.05) is 26.8 Å². The fourth-order valence-electron chi connectivity index (χ4n) is 2.83. The predicted molar refractivity (Wildman–Crippen MR) is 100 cm³/mol. The van der Waals surface area contributed by atoms with Gasteiger partial charge in [0, 0.05) is 13.1 Å². The summed E-state index contributed by atoms with van der Waals surface area (Å²) in [6, 6.07) is 12.4. The summed E-state index contributed by atoms with van der Waals surface area (Å²) < 4.78 is 62.7. The number of sulfone groups is 1. The van der Waals surface area contributed by atoms with Crippen LogP contribution in [-0.4, -0.2) is 53.2 Å². The summed E-state index contributed by atoms with van der Waals surface area (Å²) in [6.45, 7) is 1.93. The Morgan fingerprint density at radius 3 is 2.22 bits per heavy atom. The van der Waals surface area contributed by atoms with Crippen molar-refractivity contribution in [1.82, 2.24) is 4.31 Å². The van der Waals surface area contributed by atoms with Crippen molar-refractivity contribution in [3.63, 3.8) is 0 Å². The quantitative estimate of drug-likeness (QED) is 0.692. The number of sulfonamides is 1. The zero-order valence-corrected chi connectivity index (χ0v) is 16.7. The molecule has 0 bridgehead atoms. The highest BCUT2D eigenvalue weighted by Gasteiger charge is 2.44. The average Bonchev–Trinajstić information content (AvgIpc) is 2.60. The first-order valence-corrected chi connectivity index (χ1v) is 11.4. The van der Waals surface area contributed by atoms with Gasteiger partial charge in [-0.2, -0.15) is 4.31 Å². The summed E-state index contributed by atoms with van der Waals surface area (Å²) in [4.78, 5) is 0.201. The van der Waals surface area contributed by atoms with Gasteiger partial charge in [0.25, 0.3) is 0 Å². The molecule has 2 aromatic carbocycles. The van der Waals surface area contributed by atoms with Crippen LogP contribution in [0.3, 0.4) is 0 Å². The highest BCUT2D eigenvalue weighted by Crippen LogP contribution is 2.32. The van der Waals surface area contributed by atoms with E-state index >= 15 is 0 Å². The van der Waals surface area contributed by atoms with E-state index < -0.39 is 25.1 Å². The molecule has 1 saturated heterocycles. The maximum absolute atomic E-state index is 12.8. The van der Waals surface area contributed by atoms with Gasteiger partial charge in [-0.3, -0.25) is 0 Å². The van der Waals surface area contributed by atoms with Gasteiger partial charge in [0.1, 0.15) is 16.4 Å². The van der Waals surface area contributed by atoms with Crippen LogP contribution in [0.1, 0.15) is 6.92 Å². The van der Waals surface area contributed by atoms with Gasteiger partial charge in [-0.05, 0) is 43.3 Å². The molecule has 27 heavy (non-hydrogen) atoms. The van der Waals surface area contributed by atoms with Gasteiger partial charge in [-0.15, -0.1) is 0 Å². The van der Waals surface area contributed by atoms with Crippen molar-refractivity contribution in [2.24, 2.45) is 0 Å². The van der Waals surface area contributed by atoms with E-state index in [0.717, 1.165) is 4.31 Å². The summed E-state index contributed by atoms with van der Waals surface area (Å²) in [5.41, 5.74) is 0. The number of ether oxygens (including phenoxy) is 2. The van der Waals surface area contributed by atoms with Gasteiger partial charge < -0.3 is 9.47 Å². The van der Waals surface area contributed by atoms with E-state index in [9.17, 15) is 16.8 Å². The van der Waals surface area contributed by atoms with E-state index in [1.54, 1.807) is 37.3 Å². The molecule has 0 radical (unpaired) electrons. The molecule has 0 unspecified atom stereocenters. The summed E-state index contributed by atoms with van der Waals surface area (Å²) >= 11 is 0. The highest BCUT2D eigenvalue weighted by molar-refractivity contribution is 7.92. The van der Waals surface area contributed by atoms with E-state index in [2.05, 4.69) is 0 Å². The number of hydrogen-bond acceptors (Lipinski definition) is 6. The molecule has 2 aromatic rings. The van der Waals surface area contributed by atoms with Gasteiger partial charge in [-0.1, -0.05) is 12.1 Å². The predicted octanol–water partition coefficient (Wildman–Crippen LogP) is 1.94. The largest absolute Gasteiger partial charge is 0.497 e. The smallest absolute Gasteiger partial charge is 0.246 e. The normalized spacial score (nSPS) is 15.9. The lowest BCUT2D eigenvalue weighted by Gasteiger charge is -2.37. The number of para-hydroxylation sites is 1. The second-order valence-corrected chi connectivity index (χ2v) is 10.2. The lowest BCUT2D eigenvalue weighted by Crippen LogP contribution is -2.56. The first-order valence-electron chi connectivity index (χ1n) is 8.40. The summed E-state index contributed by atoms with van der Waals surface area (Å²) in [5, 5.41) is -0.778. The molecule has 3 rings (SSSR count). The van der Waals surface area contributed by atoms with E-state index in [-0.39, 0.29) is 28.6 Å². The Morgan fingerprint density at radius 2 is 1.63 bits per heavy atom. The molecule has 0 atom stereocenters. The van der Waals surface area contributed by atoms with E-state index in [4.69, 9.17) is 9.47 Å². The van der Waals surface area contributed by atoms with Gasteiger partial charge >= 0.3 is 0 Å². The zero-order valence-electron chi connectivity index (χ0n) is 15.0. The molecule has 7 nitrogen and oxygen atoms in total. The van der Waals surface area contributed by atoms with Crippen LogP contribution >= 0.6 is 0 Å². The minimum absolute atomic E-state index is 0.0483.